The second-order valence-corrected chi connectivity index (χ2v) is 3.76. The number of aromatic nitrogens is 2. The molecule has 0 saturated carbocycles. The van der Waals surface area contributed by atoms with Gasteiger partial charge in [-0.2, -0.15) is 4.98 Å². The van der Waals surface area contributed by atoms with Crippen molar-refractivity contribution >= 4 is 0 Å². The highest BCUT2D eigenvalue weighted by Crippen LogP contribution is 2.25. The van der Waals surface area contributed by atoms with E-state index in [1.807, 2.05) is 0 Å². The molecule has 0 aliphatic heterocycles. The molecule has 0 bridgehead atoms. The molecule has 0 aliphatic rings. The van der Waals surface area contributed by atoms with Gasteiger partial charge in [0.05, 0.1) is 7.11 Å². The van der Waals surface area contributed by atoms with Gasteiger partial charge in [-0.3, -0.25) is 0 Å². The number of halogens is 1. The Balaban J connectivity index is 2.23. The summed E-state index contributed by atoms with van der Waals surface area (Å²) in [6.07, 6.45) is 1.46. The van der Waals surface area contributed by atoms with E-state index in [1.54, 1.807) is 6.07 Å². The van der Waals surface area contributed by atoms with Crippen LogP contribution in [0.3, 0.4) is 0 Å². The smallest absolute Gasteiger partial charge is 0.258 e. The fourth-order valence-electron chi connectivity index (χ4n) is 1.53. The Morgan fingerprint density at radius 1 is 1.44 bits per heavy atom. The monoisotopic (exact) mass is 251 g/mol. The molecule has 96 valence electrons. The van der Waals surface area contributed by atoms with Crippen LogP contribution in [0.1, 0.15) is 12.2 Å². The fourth-order valence-corrected chi connectivity index (χ4v) is 1.53. The van der Waals surface area contributed by atoms with Gasteiger partial charge in [0.25, 0.3) is 5.89 Å². The van der Waals surface area contributed by atoms with Crippen LogP contribution >= 0.6 is 0 Å². The molecule has 2 rings (SSSR count). The Hall–Kier alpha value is -1.95. The standard InChI is InChI=1S/C12H14FN3O2/c1-17-10-7-8(4-5-9(10)13)12-15-11(16-18-12)3-2-6-14/h4-5,7H,2-3,6,14H2,1H3. The predicted molar refractivity (Wildman–Crippen MR) is 63.6 cm³/mol. The van der Waals surface area contributed by atoms with Crippen molar-refractivity contribution < 1.29 is 13.7 Å². The van der Waals surface area contributed by atoms with Gasteiger partial charge in [-0.05, 0) is 31.2 Å². The van der Waals surface area contributed by atoms with Gasteiger partial charge in [-0.15, -0.1) is 0 Å². The average Bonchev–Trinajstić information content (AvgIpc) is 2.85. The molecule has 0 spiro atoms. The minimum Gasteiger partial charge on any atom is -0.494 e. The predicted octanol–water partition coefficient (Wildman–Crippen LogP) is 1.78. The van der Waals surface area contributed by atoms with Crippen molar-refractivity contribution in [3.63, 3.8) is 0 Å². The lowest BCUT2D eigenvalue weighted by Crippen LogP contribution is -2.01. The van der Waals surface area contributed by atoms with Crippen LogP contribution in [0.4, 0.5) is 4.39 Å². The molecule has 6 heteroatoms. The van der Waals surface area contributed by atoms with Gasteiger partial charge in [0.1, 0.15) is 0 Å². The van der Waals surface area contributed by atoms with Gasteiger partial charge in [0.15, 0.2) is 17.4 Å². The lowest BCUT2D eigenvalue weighted by atomic mass is 10.2. The van der Waals surface area contributed by atoms with Crippen molar-refractivity contribution in [1.82, 2.24) is 10.1 Å². The summed E-state index contributed by atoms with van der Waals surface area (Å²) in [5.74, 6) is 0.664. The Kier molecular flexibility index (Phi) is 3.88. The quantitative estimate of drug-likeness (QED) is 0.876. The zero-order valence-electron chi connectivity index (χ0n) is 10.0. The molecule has 0 fully saturated rings. The average molecular weight is 251 g/mol. The third kappa shape index (κ3) is 2.65. The van der Waals surface area contributed by atoms with Crippen LogP contribution in [0.25, 0.3) is 11.5 Å². The number of methoxy groups -OCH3 is 1. The summed E-state index contributed by atoms with van der Waals surface area (Å²) in [6, 6.07) is 4.39. The van der Waals surface area contributed by atoms with E-state index < -0.39 is 5.82 Å². The summed E-state index contributed by atoms with van der Waals surface area (Å²) in [6.45, 7) is 0.578. The van der Waals surface area contributed by atoms with Gasteiger partial charge >= 0.3 is 0 Å². The van der Waals surface area contributed by atoms with E-state index in [2.05, 4.69) is 10.1 Å². The minimum absolute atomic E-state index is 0.147. The molecule has 0 unspecified atom stereocenters. The van der Waals surface area contributed by atoms with E-state index >= 15 is 0 Å². The molecule has 2 aromatic rings. The second-order valence-electron chi connectivity index (χ2n) is 3.76. The third-order valence-electron chi connectivity index (χ3n) is 2.47. The highest BCUT2D eigenvalue weighted by Gasteiger charge is 2.11. The van der Waals surface area contributed by atoms with Crippen molar-refractivity contribution in [2.45, 2.75) is 12.8 Å². The largest absolute Gasteiger partial charge is 0.494 e. The molecule has 5 nitrogen and oxygen atoms in total. The van der Waals surface area contributed by atoms with Crippen molar-refractivity contribution in [3.8, 4) is 17.2 Å². The maximum Gasteiger partial charge on any atom is 0.258 e. The van der Waals surface area contributed by atoms with Crippen LogP contribution in [0, 0.1) is 5.82 Å². The molecule has 0 aliphatic carbocycles. The number of nitrogens with two attached hydrogens (primary N) is 1. The van der Waals surface area contributed by atoms with E-state index in [-0.39, 0.29) is 5.75 Å². The zero-order valence-corrected chi connectivity index (χ0v) is 10.0. The van der Waals surface area contributed by atoms with Gasteiger partial charge < -0.3 is 15.0 Å². The molecule has 0 radical (unpaired) electrons. The number of ether oxygens (including phenoxy) is 1. The molecule has 1 aromatic carbocycles. The van der Waals surface area contributed by atoms with Crippen molar-refractivity contribution in [2.75, 3.05) is 13.7 Å². The lowest BCUT2D eigenvalue weighted by Gasteiger charge is -2.02. The number of benzene rings is 1. The van der Waals surface area contributed by atoms with Crippen LogP contribution in [-0.2, 0) is 6.42 Å². The molecule has 1 heterocycles. The van der Waals surface area contributed by atoms with Gasteiger partial charge in [-0.1, -0.05) is 5.16 Å². The Bertz CT molecular complexity index is 528. The van der Waals surface area contributed by atoms with Crippen molar-refractivity contribution in [2.24, 2.45) is 5.73 Å². The van der Waals surface area contributed by atoms with Crippen LogP contribution < -0.4 is 10.5 Å². The minimum atomic E-state index is -0.427. The summed E-state index contributed by atoms with van der Waals surface area (Å²) in [5.41, 5.74) is 6.03. The topological polar surface area (TPSA) is 74.2 Å². The molecule has 0 atom stereocenters. The van der Waals surface area contributed by atoms with Gasteiger partial charge in [0, 0.05) is 12.0 Å². The first kappa shape index (κ1) is 12.5. The normalized spacial score (nSPS) is 10.6. The molecule has 0 amide bonds. The number of hydrogen-bond acceptors (Lipinski definition) is 5. The van der Waals surface area contributed by atoms with E-state index in [4.69, 9.17) is 15.0 Å². The van der Waals surface area contributed by atoms with Crippen LogP contribution in [-0.4, -0.2) is 23.8 Å². The summed E-state index contributed by atoms with van der Waals surface area (Å²) in [7, 11) is 1.41. The molecule has 1 aromatic heterocycles. The summed E-state index contributed by atoms with van der Waals surface area (Å²) < 4.78 is 23.3. The Morgan fingerprint density at radius 3 is 3.00 bits per heavy atom. The van der Waals surface area contributed by atoms with Crippen LogP contribution in [0.15, 0.2) is 22.7 Å². The Labute approximate surface area is 104 Å². The van der Waals surface area contributed by atoms with Gasteiger partial charge in [0.2, 0.25) is 0 Å². The van der Waals surface area contributed by atoms with Crippen molar-refractivity contribution in [3.05, 3.63) is 29.8 Å². The summed E-state index contributed by atoms with van der Waals surface area (Å²) in [4.78, 5) is 4.21. The summed E-state index contributed by atoms with van der Waals surface area (Å²) >= 11 is 0. The molecule has 0 saturated heterocycles. The second kappa shape index (κ2) is 5.59. The molecule has 2 N–H and O–H groups in total. The first-order valence-electron chi connectivity index (χ1n) is 5.61. The molecular weight excluding hydrogens is 237 g/mol. The summed E-state index contributed by atoms with van der Waals surface area (Å²) in [5, 5.41) is 3.83. The first-order chi connectivity index (χ1) is 8.74. The van der Waals surface area contributed by atoms with E-state index in [0.29, 0.717) is 30.2 Å². The molecular formula is C12H14FN3O2. The third-order valence-corrected chi connectivity index (χ3v) is 2.47. The van der Waals surface area contributed by atoms with Crippen molar-refractivity contribution in [1.29, 1.82) is 0 Å². The first-order valence-corrected chi connectivity index (χ1v) is 5.61. The SMILES string of the molecule is COc1cc(-c2nc(CCCN)no2)ccc1F. The van der Waals surface area contributed by atoms with E-state index in [9.17, 15) is 4.39 Å². The maximum absolute atomic E-state index is 13.3. The fraction of sp³-hybridized carbons (Fsp3) is 0.333. The van der Waals surface area contributed by atoms with Crippen LogP contribution in [0.5, 0.6) is 5.75 Å². The number of hydrogen-bond donors (Lipinski definition) is 1. The number of aryl methyl sites for hydroxylation is 1. The number of nitrogens with zero attached hydrogens (tertiary/aromatic N) is 2. The number of rotatable bonds is 5. The molecule has 18 heavy (non-hydrogen) atoms. The highest BCUT2D eigenvalue weighted by atomic mass is 19.1. The Morgan fingerprint density at radius 2 is 2.28 bits per heavy atom. The van der Waals surface area contributed by atoms with E-state index in [1.165, 1.54) is 19.2 Å². The van der Waals surface area contributed by atoms with E-state index in [0.717, 1.165) is 6.42 Å². The lowest BCUT2D eigenvalue weighted by molar-refractivity contribution is 0.386. The highest BCUT2D eigenvalue weighted by molar-refractivity contribution is 5.55. The zero-order chi connectivity index (χ0) is 13.0. The van der Waals surface area contributed by atoms with Gasteiger partial charge in [-0.25, -0.2) is 4.39 Å². The van der Waals surface area contributed by atoms with Crippen LogP contribution in [0.2, 0.25) is 0 Å². The maximum atomic E-state index is 13.3.